The molecule has 0 saturated carbocycles. The molecule has 0 saturated heterocycles. The van der Waals surface area contributed by atoms with Crippen molar-refractivity contribution in [1.82, 2.24) is 0 Å². The molecular formula is C17H18O3. The molecule has 104 valence electrons. The topological polar surface area (TPSA) is 46.5 Å². The minimum Gasteiger partial charge on any atom is -0.479 e. The molecule has 0 aliphatic rings. The fourth-order valence-corrected chi connectivity index (χ4v) is 2.04. The van der Waals surface area contributed by atoms with Gasteiger partial charge in [-0.25, -0.2) is 4.79 Å². The van der Waals surface area contributed by atoms with E-state index in [-0.39, 0.29) is 0 Å². The summed E-state index contributed by atoms with van der Waals surface area (Å²) in [5.41, 5.74) is 3.07. The Bertz CT molecular complexity index is 563. The smallest absolute Gasteiger partial charge is 0.333 e. The zero-order valence-electron chi connectivity index (χ0n) is 11.5. The molecule has 1 atom stereocenters. The predicted octanol–water partition coefficient (Wildman–Crippen LogP) is 3.21. The Morgan fingerprint density at radius 2 is 1.80 bits per heavy atom. The summed E-state index contributed by atoms with van der Waals surface area (Å²) in [5.74, 6) is -0.928. The van der Waals surface area contributed by atoms with E-state index < -0.39 is 12.1 Å². The molecule has 0 fully saturated rings. The summed E-state index contributed by atoms with van der Waals surface area (Å²) in [6, 6.07) is 17.4. The van der Waals surface area contributed by atoms with Gasteiger partial charge in [-0.05, 0) is 18.1 Å². The van der Waals surface area contributed by atoms with Gasteiger partial charge in [0.2, 0.25) is 0 Å². The lowest BCUT2D eigenvalue weighted by atomic mass is 10.1. The summed E-state index contributed by atoms with van der Waals surface area (Å²) in [6.07, 6.45) is -0.443. The summed E-state index contributed by atoms with van der Waals surface area (Å²) in [4.78, 5) is 11.3. The third-order valence-electron chi connectivity index (χ3n) is 3.07. The number of rotatable bonds is 6. The molecule has 0 aromatic heterocycles. The number of carbonyl (C=O) groups is 1. The van der Waals surface area contributed by atoms with Crippen molar-refractivity contribution in [3.05, 3.63) is 71.3 Å². The van der Waals surface area contributed by atoms with Gasteiger partial charge in [0, 0.05) is 6.42 Å². The molecule has 0 aliphatic heterocycles. The second kappa shape index (κ2) is 6.87. The van der Waals surface area contributed by atoms with E-state index >= 15 is 0 Å². The van der Waals surface area contributed by atoms with Crippen LogP contribution in [0.15, 0.2) is 54.6 Å². The number of ether oxygens (including phenoxy) is 1. The van der Waals surface area contributed by atoms with E-state index in [0.717, 1.165) is 16.7 Å². The quantitative estimate of drug-likeness (QED) is 0.876. The average Bonchev–Trinajstić information content (AvgIpc) is 2.44. The lowest BCUT2D eigenvalue weighted by Gasteiger charge is -2.14. The molecule has 0 spiro atoms. The first kappa shape index (κ1) is 14.3. The number of aryl methyl sites for hydroxylation is 1. The summed E-state index contributed by atoms with van der Waals surface area (Å²) in [7, 11) is 0. The van der Waals surface area contributed by atoms with Gasteiger partial charge in [0.25, 0.3) is 0 Å². The van der Waals surface area contributed by atoms with Gasteiger partial charge in [-0.15, -0.1) is 0 Å². The van der Waals surface area contributed by atoms with Crippen LogP contribution in [-0.4, -0.2) is 17.2 Å². The van der Waals surface area contributed by atoms with Crippen molar-refractivity contribution in [2.24, 2.45) is 0 Å². The number of benzene rings is 2. The Balaban J connectivity index is 1.99. The molecule has 0 bridgehead atoms. The molecule has 0 radical (unpaired) electrons. The molecule has 2 aromatic rings. The summed E-state index contributed by atoms with van der Waals surface area (Å²) in [6.45, 7) is 2.30. The van der Waals surface area contributed by atoms with Crippen molar-refractivity contribution in [2.45, 2.75) is 26.1 Å². The van der Waals surface area contributed by atoms with Crippen LogP contribution in [0.4, 0.5) is 0 Å². The van der Waals surface area contributed by atoms with Crippen LogP contribution in [0.1, 0.15) is 16.7 Å². The number of hydrogen-bond donors (Lipinski definition) is 1. The highest BCUT2D eigenvalue weighted by atomic mass is 16.5. The number of carboxylic acid groups (broad SMARTS) is 1. The van der Waals surface area contributed by atoms with E-state index in [1.54, 1.807) is 0 Å². The SMILES string of the molecule is Cc1cccc(C[C@H](OCc2ccccc2)C(=O)O)c1. The lowest BCUT2D eigenvalue weighted by Crippen LogP contribution is -2.26. The molecule has 2 aromatic carbocycles. The highest BCUT2D eigenvalue weighted by Crippen LogP contribution is 2.11. The Labute approximate surface area is 118 Å². The van der Waals surface area contributed by atoms with Gasteiger partial charge in [-0.3, -0.25) is 0 Å². The van der Waals surface area contributed by atoms with E-state index in [1.165, 1.54) is 0 Å². The van der Waals surface area contributed by atoms with Crippen molar-refractivity contribution in [2.75, 3.05) is 0 Å². The Hall–Kier alpha value is -2.13. The Morgan fingerprint density at radius 1 is 1.10 bits per heavy atom. The van der Waals surface area contributed by atoms with Crippen LogP contribution < -0.4 is 0 Å². The molecule has 1 N–H and O–H groups in total. The van der Waals surface area contributed by atoms with Gasteiger partial charge in [-0.2, -0.15) is 0 Å². The molecule has 3 nitrogen and oxygen atoms in total. The van der Waals surface area contributed by atoms with Crippen molar-refractivity contribution >= 4 is 5.97 Å². The molecule has 0 aliphatic carbocycles. The van der Waals surface area contributed by atoms with E-state index in [9.17, 15) is 9.90 Å². The van der Waals surface area contributed by atoms with E-state index in [0.29, 0.717) is 13.0 Å². The van der Waals surface area contributed by atoms with Gasteiger partial charge in [0.05, 0.1) is 6.61 Å². The first-order valence-corrected chi connectivity index (χ1v) is 6.59. The Kier molecular flexibility index (Phi) is 4.91. The monoisotopic (exact) mass is 270 g/mol. The molecule has 3 heteroatoms. The number of carboxylic acids is 1. The molecule has 2 rings (SSSR count). The lowest BCUT2D eigenvalue weighted by molar-refractivity contribution is -0.151. The standard InChI is InChI=1S/C17H18O3/c1-13-6-5-9-15(10-13)11-16(17(18)19)20-12-14-7-3-2-4-8-14/h2-10,16H,11-12H2,1H3,(H,18,19)/t16-/m0/s1. The zero-order chi connectivity index (χ0) is 14.4. The highest BCUT2D eigenvalue weighted by molar-refractivity contribution is 5.72. The molecule has 0 unspecified atom stereocenters. The molecule has 0 heterocycles. The molecular weight excluding hydrogens is 252 g/mol. The van der Waals surface area contributed by atoms with Crippen molar-refractivity contribution in [3.63, 3.8) is 0 Å². The molecule has 20 heavy (non-hydrogen) atoms. The third-order valence-corrected chi connectivity index (χ3v) is 3.07. The maximum Gasteiger partial charge on any atom is 0.333 e. The second-order valence-corrected chi connectivity index (χ2v) is 4.82. The van der Waals surface area contributed by atoms with Crippen LogP contribution in [0.5, 0.6) is 0 Å². The van der Waals surface area contributed by atoms with Gasteiger partial charge in [0.1, 0.15) is 0 Å². The van der Waals surface area contributed by atoms with Gasteiger partial charge in [-0.1, -0.05) is 60.2 Å². The second-order valence-electron chi connectivity index (χ2n) is 4.82. The van der Waals surface area contributed by atoms with E-state index in [2.05, 4.69) is 0 Å². The summed E-state index contributed by atoms with van der Waals surface area (Å²) in [5, 5.41) is 9.26. The van der Waals surface area contributed by atoms with Crippen LogP contribution in [-0.2, 0) is 22.6 Å². The first-order valence-electron chi connectivity index (χ1n) is 6.59. The maximum absolute atomic E-state index is 11.3. The largest absolute Gasteiger partial charge is 0.479 e. The molecule has 0 amide bonds. The van der Waals surface area contributed by atoms with Gasteiger partial charge in [0.15, 0.2) is 6.10 Å². The highest BCUT2D eigenvalue weighted by Gasteiger charge is 2.18. The summed E-state index contributed by atoms with van der Waals surface area (Å²) >= 11 is 0. The summed E-state index contributed by atoms with van der Waals surface area (Å²) < 4.78 is 5.53. The van der Waals surface area contributed by atoms with E-state index in [4.69, 9.17) is 4.74 Å². The fourth-order valence-electron chi connectivity index (χ4n) is 2.04. The number of hydrogen-bond acceptors (Lipinski definition) is 2. The van der Waals surface area contributed by atoms with Crippen LogP contribution in [0, 0.1) is 6.92 Å². The maximum atomic E-state index is 11.3. The number of aliphatic carboxylic acids is 1. The zero-order valence-corrected chi connectivity index (χ0v) is 11.5. The minimum absolute atomic E-state index is 0.309. The average molecular weight is 270 g/mol. The minimum atomic E-state index is -0.928. The van der Waals surface area contributed by atoms with E-state index in [1.807, 2.05) is 61.5 Å². The van der Waals surface area contributed by atoms with Gasteiger partial charge >= 0.3 is 5.97 Å². The van der Waals surface area contributed by atoms with Crippen molar-refractivity contribution < 1.29 is 14.6 Å². The first-order chi connectivity index (χ1) is 9.65. The normalized spacial score (nSPS) is 12.1. The van der Waals surface area contributed by atoms with Crippen LogP contribution in [0.25, 0.3) is 0 Å². The third kappa shape index (κ3) is 4.21. The fraction of sp³-hybridized carbons (Fsp3) is 0.235. The predicted molar refractivity (Wildman–Crippen MR) is 77.5 cm³/mol. The van der Waals surface area contributed by atoms with Gasteiger partial charge < -0.3 is 9.84 Å². The van der Waals surface area contributed by atoms with Crippen LogP contribution in [0.3, 0.4) is 0 Å². The van der Waals surface area contributed by atoms with Crippen LogP contribution >= 0.6 is 0 Å². The Morgan fingerprint density at radius 3 is 2.45 bits per heavy atom. The van der Waals surface area contributed by atoms with Crippen molar-refractivity contribution in [3.8, 4) is 0 Å². The van der Waals surface area contributed by atoms with Crippen molar-refractivity contribution in [1.29, 1.82) is 0 Å². The van der Waals surface area contributed by atoms with Crippen LogP contribution in [0.2, 0.25) is 0 Å².